The molecular formula is C19H20BrN3O5. The first-order chi connectivity index (χ1) is 13.4. The van der Waals surface area contributed by atoms with Crippen LogP contribution in [-0.4, -0.2) is 37.4 Å². The van der Waals surface area contributed by atoms with Gasteiger partial charge in [-0.1, -0.05) is 12.1 Å². The molecular weight excluding hydrogens is 430 g/mol. The largest absolute Gasteiger partial charge is 0.503 e. The van der Waals surface area contributed by atoms with Crippen molar-refractivity contribution in [2.75, 3.05) is 19.5 Å². The monoisotopic (exact) mass is 449 g/mol. The van der Waals surface area contributed by atoms with Crippen molar-refractivity contribution in [3.8, 4) is 17.2 Å². The summed E-state index contributed by atoms with van der Waals surface area (Å²) < 4.78 is 10.6. The molecule has 0 fully saturated rings. The second-order valence-electron chi connectivity index (χ2n) is 5.60. The molecule has 0 unspecified atom stereocenters. The predicted octanol–water partition coefficient (Wildman–Crippen LogP) is 3.04. The molecule has 0 atom stereocenters. The van der Waals surface area contributed by atoms with E-state index in [4.69, 9.17) is 9.47 Å². The van der Waals surface area contributed by atoms with Crippen molar-refractivity contribution in [3.63, 3.8) is 0 Å². The number of phenolic OH excluding ortho intramolecular Hbond substituents is 1. The third-order valence-electron chi connectivity index (χ3n) is 3.63. The standard InChI is InChI=1S/C19H20BrN3O5/c1-27-15-6-4-3-5-14(15)22-17(24)7-8-18(25)23-21-11-12-9-13(20)19(26)16(10-12)28-2/h3-6,9-11,26H,7-8H2,1-2H3,(H,22,24)(H,23,25)/b21-11+. The van der Waals surface area contributed by atoms with Crippen molar-refractivity contribution in [2.45, 2.75) is 12.8 Å². The number of aromatic hydroxyl groups is 1. The van der Waals surface area contributed by atoms with Gasteiger partial charge in [0.25, 0.3) is 0 Å². The number of para-hydroxylation sites is 2. The third-order valence-corrected chi connectivity index (χ3v) is 4.24. The quantitative estimate of drug-likeness (QED) is 0.423. The molecule has 0 radical (unpaired) electrons. The first kappa shape index (κ1) is 21.2. The first-order valence-electron chi connectivity index (χ1n) is 8.26. The molecule has 0 bridgehead atoms. The van der Waals surface area contributed by atoms with Gasteiger partial charge in [0.1, 0.15) is 5.75 Å². The summed E-state index contributed by atoms with van der Waals surface area (Å²) >= 11 is 3.20. The van der Waals surface area contributed by atoms with Crippen LogP contribution in [0.2, 0.25) is 0 Å². The number of nitrogens with one attached hydrogen (secondary N) is 2. The molecule has 2 amide bonds. The normalized spacial score (nSPS) is 10.5. The number of methoxy groups -OCH3 is 2. The Bertz CT molecular complexity index is 886. The average molecular weight is 450 g/mol. The lowest BCUT2D eigenvalue weighted by atomic mass is 10.2. The summed E-state index contributed by atoms with van der Waals surface area (Å²) in [5.41, 5.74) is 3.50. The minimum atomic E-state index is -0.406. The number of halogens is 1. The van der Waals surface area contributed by atoms with E-state index in [0.29, 0.717) is 21.5 Å². The van der Waals surface area contributed by atoms with Crippen molar-refractivity contribution in [1.29, 1.82) is 0 Å². The number of phenols is 1. The van der Waals surface area contributed by atoms with Gasteiger partial charge in [0, 0.05) is 12.8 Å². The minimum Gasteiger partial charge on any atom is -0.503 e. The lowest BCUT2D eigenvalue weighted by Crippen LogP contribution is -2.20. The highest BCUT2D eigenvalue weighted by Crippen LogP contribution is 2.34. The van der Waals surface area contributed by atoms with Gasteiger partial charge in [0.05, 0.1) is 30.6 Å². The van der Waals surface area contributed by atoms with E-state index in [2.05, 4.69) is 31.8 Å². The van der Waals surface area contributed by atoms with Gasteiger partial charge in [-0.05, 0) is 45.8 Å². The summed E-state index contributed by atoms with van der Waals surface area (Å²) in [5.74, 6) is 0.0763. The van der Waals surface area contributed by atoms with E-state index >= 15 is 0 Å². The SMILES string of the molecule is COc1ccccc1NC(=O)CCC(=O)N/N=C/c1cc(Br)c(O)c(OC)c1. The summed E-state index contributed by atoms with van der Waals surface area (Å²) in [7, 11) is 2.94. The number of amides is 2. The highest BCUT2D eigenvalue weighted by Gasteiger charge is 2.10. The molecule has 0 aliphatic carbocycles. The van der Waals surface area contributed by atoms with Crippen LogP contribution in [-0.2, 0) is 9.59 Å². The van der Waals surface area contributed by atoms with Gasteiger partial charge < -0.3 is 19.9 Å². The van der Waals surface area contributed by atoms with Gasteiger partial charge in [-0.3, -0.25) is 9.59 Å². The maximum atomic E-state index is 12.0. The van der Waals surface area contributed by atoms with Crippen molar-refractivity contribution in [2.24, 2.45) is 5.10 Å². The zero-order chi connectivity index (χ0) is 20.5. The van der Waals surface area contributed by atoms with E-state index in [1.165, 1.54) is 20.4 Å². The lowest BCUT2D eigenvalue weighted by molar-refractivity contribution is -0.124. The zero-order valence-electron chi connectivity index (χ0n) is 15.4. The van der Waals surface area contributed by atoms with Crippen LogP contribution in [0.5, 0.6) is 17.2 Å². The molecule has 28 heavy (non-hydrogen) atoms. The number of carbonyl (C=O) groups excluding carboxylic acids is 2. The topological polar surface area (TPSA) is 109 Å². The number of hydrogen-bond acceptors (Lipinski definition) is 6. The average Bonchev–Trinajstić information content (AvgIpc) is 2.69. The molecule has 0 spiro atoms. The number of anilines is 1. The second kappa shape index (κ2) is 10.3. The van der Waals surface area contributed by atoms with E-state index in [1.807, 2.05) is 0 Å². The summed E-state index contributed by atoms with van der Waals surface area (Å²) in [5, 5.41) is 16.3. The fourth-order valence-electron chi connectivity index (χ4n) is 2.25. The lowest BCUT2D eigenvalue weighted by Gasteiger charge is -2.09. The minimum absolute atomic E-state index is 0.00200. The highest BCUT2D eigenvalue weighted by molar-refractivity contribution is 9.10. The second-order valence-corrected chi connectivity index (χ2v) is 6.45. The van der Waals surface area contributed by atoms with Crippen LogP contribution in [0.15, 0.2) is 46.0 Å². The van der Waals surface area contributed by atoms with E-state index in [9.17, 15) is 14.7 Å². The summed E-state index contributed by atoms with van der Waals surface area (Å²) in [4.78, 5) is 23.8. The molecule has 2 aromatic carbocycles. The fourth-order valence-corrected chi connectivity index (χ4v) is 2.71. The molecule has 0 aromatic heterocycles. The van der Waals surface area contributed by atoms with Crippen LogP contribution in [0, 0.1) is 0 Å². The maximum Gasteiger partial charge on any atom is 0.240 e. The Morgan fingerprint density at radius 3 is 2.50 bits per heavy atom. The van der Waals surface area contributed by atoms with E-state index in [-0.39, 0.29) is 30.2 Å². The van der Waals surface area contributed by atoms with Gasteiger partial charge in [-0.25, -0.2) is 5.43 Å². The van der Waals surface area contributed by atoms with Crippen molar-refractivity contribution in [1.82, 2.24) is 5.43 Å². The molecule has 2 aromatic rings. The molecule has 0 saturated carbocycles. The van der Waals surface area contributed by atoms with Crippen LogP contribution in [0.1, 0.15) is 18.4 Å². The van der Waals surface area contributed by atoms with Crippen LogP contribution in [0.25, 0.3) is 0 Å². The maximum absolute atomic E-state index is 12.0. The molecule has 2 rings (SSSR count). The summed E-state index contributed by atoms with van der Waals surface area (Å²) in [6.07, 6.45) is 1.37. The number of benzene rings is 2. The van der Waals surface area contributed by atoms with Crippen molar-refractivity contribution in [3.05, 3.63) is 46.4 Å². The Kier molecular flexibility index (Phi) is 7.82. The van der Waals surface area contributed by atoms with Crippen LogP contribution >= 0.6 is 15.9 Å². The number of hydrogen-bond donors (Lipinski definition) is 3. The molecule has 0 saturated heterocycles. The van der Waals surface area contributed by atoms with Gasteiger partial charge in [0.15, 0.2) is 11.5 Å². The Hall–Kier alpha value is -3.07. The number of carbonyl (C=O) groups is 2. The van der Waals surface area contributed by atoms with Crippen molar-refractivity contribution < 1.29 is 24.2 Å². The highest BCUT2D eigenvalue weighted by atomic mass is 79.9. The Morgan fingerprint density at radius 1 is 1.11 bits per heavy atom. The van der Waals surface area contributed by atoms with Gasteiger partial charge in [-0.15, -0.1) is 0 Å². The number of rotatable bonds is 8. The van der Waals surface area contributed by atoms with Gasteiger partial charge in [-0.2, -0.15) is 5.10 Å². The van der Waals surface area contributed by atoms with Crippen LogP contribution < -0.4 is 20.2 Å². The van der Waals surface area contributed by atoms with Crippen LogP contribution in [0.3, 0.4) is 0 Å². The Morgan fingerprint density at radius 2 is 1.79 bits per heavy atom. The Labute approximate surface area is 170 Å². The predicted molar refractivity (Wildman–Crippen MR) is 109 cm³/mol. The zero-order valence-corrected chi connectivity index (χ0v) is 16.9. The number of ether oxygens (including phenoxy) is 2. The third kappa shape index (κ3) is 5.98. The first-order valence-corrected chi connectivity index (χ1v) is 9.05. The number of hydrazone groups is 1. The molecule has 3 N–H and O–H groups in total. The summed E-state index contributed by atoms with van der Waals surface area (Å²) in [6.45, 7) is 0. The molecule has 148 valence electrons. The molecule has 9 heteroatoms. The molecule has 0 aliphatic rings. The molecule has 8 nitrogen and oxygen atoms in total. The van der Waals surface area contributed by atoms with Crippen molar-refractivity contribution >= 4 is 39.6 Å². The number of nitrogens with zero attached hydrogens (tertiary/aromatic N) is 1. The van der Waals surface area contributed by atoms with Gasteiger partial charge >= 0.3 is 0 Å². The summed E-state index contributed by atoms with van der Waals surface area (Å²) in [6, 6.07) is 10.2. The van der Waals surface area contributed by atoms with E-state index in [1.54, 1.807) is 36.4 Å². The Balaban J connectivity index is 1.83. The smallest absolute Gasteiger partial charge is 0.240 e. The van der Waals surface area contributed by atoms with E-state index in [0.717, 1.165) is 0 Å². The molecule has 0 heterocycles. The van der Waals surface area contributed by atoms with Crippen LogP contribution in [0.4, 0.5) is 5.69 Å². The van der Waals surface area contributed by atoms with Gasteiger partial charge in [0.2, 0.25) is 11.8 Å². The fraction of sp³-hybridized carbons (Fsp3) is 0.211. The molecule has 0 aliphatic heterocycles. The van der Waals surface area contributed by atoms with E-state index < -0.39 is 5.91 Å².